The molecule has 0 unspecified atom stereocenters. The van der Waals surface area contributed by atoms with E-state index in [-0.39, 0.29) is 5.91 Å². The predicted octanol–water partition coefficient (Wildman–Crippen LogP) is 2.74. The number of carbonyl (C=O) groups excluding carboxylic acids is 1. The van der Waals surface area contributed by atoms with Crippen molar-refractivity contribution in [1.82, 2.24) is 9.88 Å². The third-order valence-electron chi connectivity index (χ3n) is 3.95. The zero-order chi connectivity index (χ0) is 16.2. The Balaban J connectivity index is 1.71. The summed E-state index contributed by atoms with van der Waals surface area (Å²) in [5.41, 5.74) is 2.15. The third-order valence-corrected chi connectivity index (χ3v) is 4.20. The zero-order valence-electron chi connectivity index (χ0n) is 13.0. The molecule has 1 aliphatic rings. The third kappa shape index (κ3) is 4.00. The smallest absolute Gasteiger partial charge is 0.274 e. The van der Waals surface area contributed by atoms with Crippen LogP contribution in [0.25, 0.3) is 0 Å². The average molecular weight is 331 g/mol. The highest BCUT2D eigenvalue weighted by molar-refractivity contribution is 6.30. The highest BCUT2D eigenvalue weighted by atomic mass is 35.5. The second-order valence-corrected chi connectivity index (χ2v) is 6.09. The van der Waals surface area contributed by atoms with Gasteiger partial charge in [-0.25, -0.2) is 0 Å². The van der Waals surface area contributed by atoms with Gasteiger partial charge in [-0.1, -0.05) is 11.6 Å². The molecule has 0 radical (unpaired) electrons. The van der Waals surface area contributed by atoms with Crippen LogP contribution in [0.3, 0.4) is 0 Å². The Morgan fingerprint density at radius 3 is 2.52 bits per heavy atom. The summed E-state index contributed by atoms with van der Waals surface area (Å²) in [7, 11) is 2.12. The first-order valence-electron chi connectivity index (χ1n) is 7.58. The second-order valence-electron chi connectivity index (χ2n) is 5.65. The summed E-state index contributed by atoms with van der Waals surface area (Å²) in [5.74, 6) is -0.219. The Kier molecular flexibility index (Phi) is 4.79. The van der Waals surface area contributed by atoms with Gasteiger partial charge in [0.05, 0.1) is 0 Å². The van der Waals surface area contributed by atoms with Crippen LogP contribution in [0, 0.1) is 0 Å². The molecule has 1 fully saturated rings. The molecular weight excluding hydrogens is 312 g/mol. The maximum Gasteiger partial charge on any atom is 0.274 e. The lowest BCUT2D eigenvalue weighted by Gasteiger charge is -2.34. The highest BCUT2D eigenvalue weighted by Crippen LogP contribution is 2.18. The van der Waals surface area contributed by atoms with E-state index >= 15 is 0 Å². The second kappa shape index (κ2) is 6.98. The van der Waals surface area contributed by atoms with Crippen LogP contribution in [-0.2, 0) is 0 Å². The quantitative estimate of drug-likeness (QED) is 0.940. The van der Waals surface area contributed by atoms with Crippen LogP contribution < -0.4 is 10.2 Å². The Bertz CT molecular complexity index is 681. The van der Waals surface area contributed by atoms with Gasteiger partial charge < -0.3 is 15.1 Å². The molecular formula is C17H19ClN4O. The lowest BCUT2D eigenvalue weighted by Crippen LogP contribution is -2.44. The molecule has 0 atom stereocenters. The molecule has 1 N–H and O–H groups in total. The van der Waals surface area contributed by atoms with E-state index in [0.717, 1.165) is 31.9 Å². The maximum absolute atomic E-state index is 12.4. The molecule has 2 aromatic rings. The molecule has 1 aliphatic heterocycles. The van der Waals surface area contributed by atoms with E-state index in [0.29, 0.717) is 16.4 Å². The number of amides is 1. The number of hydrogen-bond donors (Lipinski definition) is 1. The van der Waals surface area contributed by atoms with E-state index < -0.39 is 0 Å². The molecule has 120 valence electrons. The van der Waals surface area contributed by atoms with E-state index in [1.165, 1.54) is 0 Å². The lowest BCUT2D eigenvalue weighted by molar-refractivity contribution is 0.102. The minimum absolute atomic E-state index is 0.219. The first-order chi connectivity index (χ1) is 11.1. The Hall–Kier alpha value is -2.11. The number of aromatic nitrogens is 1. The van der Waals surface area contributed by atoms with Crippen molar-refractivity contribution in [2.24, 2.45) is 0 Å². The van der Waals surface area contributed by atoms with Crippen molar-refractivity contribution in [3.8, 4) is 0 Å². The fourth-order valence-corrected chi connectivity index (χ4v) is 2.66. The highest BCUT2D eigenvalue weighted by Gasteiger charge is 2.16. The Morgan fingerprint density at radius 2 is 1.83 bits per heavy atom. The van der Waals surface area contributed by atoms with Gasteiger partial charge in [-0.2, -0.15) is 0 Å². The first-order valence-corrected chi connectivity index (χ1v) is 7.96. The molecule has 1 saturated heterocycles. The number of carbonyl (C=O) groups is 1. The number of rotatable bonds is 3. The number of piperazine rings is 1. The minimum atomic E-state index is -0.219. The predicted molar refractivity (Wildman–Crippen MR) is 93.4 cm³/mol. The average Bonchev–Trinajstić information content (AvgIpc) is 2.58. The van der Waals surface area contributed by atoms with Crippen molar-refractivity contribution in [3.63, 3.8) is 0 Å². The van der Waals surface area contributed by atoms with Crippen LogP contribution in [0.5, 0.6) is 0 Å². The lowest BCUT2D eigenvalue weighted by atomic mass is 10.2. The van der Waals surface area contributed by atoms with Crippen molar-refractivity contribution >= 4 is 28.9 Å². The molecule has 0 bridgehead atoms. The van der Waals surface area contributed by atoms with Crippen LogP contribution in [-0.4, -0.2) is 49.0 Å². The molecule has 6 heteroatoms. The molecule has 1 amide bonds. The molecule has 5 nitrogen and oxygen atoms in total. The van der Waals surface area contributed by atoms with Gasteiger partial charge in [0, 0.05) is 48.8 Å². The Labute approximate surface area is 140 Å². The summed E-state index contributed by atoms with van der Waals surface area (Å²) in [5, 5.41) is 3.47. The number of nitrogens with one attached hydrogen (secondary N) is 1. The molecule has 1 aromatic carbocycles. The SMILES string of the molecule is CN1CCN(c2ccnc(C(=O)Nc3ccc(Cl)cc3)c2)CC1. The van der Waals surface area contributed by atoms with Crippen LogP contribution >= 0.6 is 11.6 Å². The summed E-state index contributed by atoms with van der Waals surface area (Å²) in [6.45, 7) is 3.96. The van der Waals surface area contributed by atoms with Gasteiger partial charge in [-0.15, -0.1) is 0 Å². The van der Waals surface area contributed by atoms with Gasteiger partial charge in [-0.3, -0.25) is 9.78 Å². The number of nitrogens with zero attached hydrogens (tertiary/aromatic N) is 3. The molecule has 0 saturated carbocycles. The zero-order valence-corrected chi connectivity index (χ0v) is 13.8. The number of benzene rings is 1. The number of anilines is 2. The fourth-order valence-electron chi connectivity index (χ4n) is 2.53. The molecule has 0 aliphatic carbocycles. The van der Waals surface area contributed by atoms with E-state index in [1.54, 1.807) is 30.5 Å². The number of hydrogen-bond acceptors (Lipinski definition) is 4. The van der Waals surface area contributed by atoms with E-state index in [2.05, 4.69) is 27.1 Å². The monoisotopic (exact) mass is 330 g/mol. The van der Waals surface area contributed by atoms with E-state index in [4.69, 9.17) is 11.6 Å². The van der Waals surface area contributed by atoms with Gasteiger partial charge in [0.15, 0.2) is 0 Å². The van der Waals surface area contributed by atoms with Crippen LogP contribution in [0.15, 0.2) is 42.6 Å². The maximum atomic E-state index is 12.4. The summed E-state index contributed by atoms with van der Waals surface area (Å²) in [6, 6.07) is 10.8. The first kappa shape index (κ1) is 15.8. The molecule has 0 spiro atoms. The van der Waals surface area contributed by atoms with Crippen LogP contribution in [0.2, 0.25) is 5.02 Å². The largest absolute Gasteiger partial charge is 0.369 e. The normalized spacial score (nSPS) is 15.5. The van der Waals surface area contributed by atoms with Gasteiger partial charge >= 0.3 is 0 Å². The van der Waals surface area contributed by atoms with Crippen molar-refractivity contribution < 1.29 is 4.79 Å². The van der Waals surface area contributed by atoms with Gasteiger partial charge in [-0.05, 0) is 43.4 Å². The minimum Gasteiger partial charge on any atom is -0.369 e. The Morgan fingerprint density at radius 1 is 1.13 bits per heavy atom. The molecule has 1 aromatic heterocycles. The number of pyridine rings is 1. The molecule has 23 heavy (non-hydrogen) atoms. The van der Waals surface area contributed by atoms with Crippen molar-refractivity contribution in [2.45, 2.75) is 0 Å². The van der Waals surface area contributed by atoms with Crippen molar-refractivity contribution in [3.05, 3.63) is 53.3 Å². The molecule has 2 heterocycles. The molecule has 3 rings (SSSR count). The van der Waals surface area contributed by atoms with Gasteiger partial charge in [0.2, 0.25) is 0 Å². The van der Waals surface area contributed by atoms with Crippen molar-refractivity contribution in [2.75, 3.05) is 43.4 Å². The van der Waals surface area contributed by atoms with Crippen LogP contribution in [0.4, 0.5) is 11.4 Å². The standard InChI is InChI=1S/C17H19ClN4O/c1-21-8-10-22(11-9-21)15-6-7-19-16(12-15)17(23)20-14-4-2-13(18)3-5-14/h2-7,12H,8-11H2,1H3,(H,20,23). The van der Waals surface area contributed by atoms with Gasteiger partial charge in [0.25, 0.3) is 5.91 Å². The summed E-state index contributed by atoms with van der Waals surface area (Å²) in [4.78, 5) is 21.1. The number of halogens is 1. The van der Waals surface area contributed by atoms with Crippen LogP contribution in [0.1, 0.15) is 10.5 Å². The topological polar surface area (TPSA) is 48.5 Å². The van der Waals surface area contributed by atoms with E-state index in [1.807, 2.05) is 12.1 Å². The van der Waals surface area contributed by atoms with Gasteiger partial charge in [0.1, 0.15) is 5.69 Å². The summed E-state index contributed by atoms with van der Waals surface area (Å²) < 4.78 is 0. The fraction of sp³-hybridized carbons (Fsp3) is 0.294. The summed E-state index contributed by atoms with van der Waals surface area (Å²) >= 11 is 5.85. The van der Waals surface area contributed by atoms with E-state index in [9.17, 15) is 4.79 Å². The number of likely N-dealkylation sites (N-methyl/N-ethyl adjacent to an activating group) is 1. The van der Waals surface area contributed by atoms with Crippen molar-refractivity contribution in [1.29, 1.82) is 0 Å². The summed E-state index contributed by atoms with van der Waals surface area (Å²) in [6.07, 6.45) is 1.68.